The summed E-state index contributed by atoms with van der Waals surface area (Å²) in [5.41, 5.74) is 6.38. The first-order valence-corrected chi connectivity index (χ1v) is 10.5. The van der Waals surface area contributed by atoms with Crippen LogP contribution in [-0.4, -0.2) is 32.0 Å². The van der Waals surface area contributed by atoms with E-state index in [0.29, 0.717) is 17.8 Å². The van der Waals surface area contributed by atoms with Crippen molar-refractivity contribution in [2.24, 2.45) is 0 Å². The summed E-state index contributed by atoms with van der Waals surface area (Å²) in [5, 5.41) is 12.3. The molecule has 0 aliphatic heterocycles. The fourth-order valence-corrected chi connectivity index (χ4v) is 3.72. The third-order valence-corrected chi connectivity index (χ3v) is 5.32. The average molecular weight is 414 g/mol. The zero-order valence-electron chi connectivity index (χ0n) is 18.2. The van der Waals surface area contributed by atoms with E-state index in [-0.39, 0.29) is 5.91 Å². The van der Waals surface area contributed by atoms with Crippen molar-refractivity contribution in [3.8, 4) is 16.9 Å². The monoisotopic (exact) mass is 413 g/mol. The Kier molecular flexibility index (Phi) is 5.98. The summed E-state index contributed by atoms with van der Waals surface area (Å²) in [6.45, 7) is 7.41. The summed E-state index contributed by atoms with van der Waals surface area (Å²) in [6.07, 6.45) is 2.62. The van der Waals surface area contributed by atoms with E-state index in [4.69, 9.17) is 5.10 Å². The fraction of sp³-hybridized carbons (Fsp3) is 0.240. The lowest BCUT2D eigenvalue weighted by molar-refractivity contribution is 0.0953. The molecule has 1 amide bonds. The van der Waals surface area contributed by atoms with E-state index in [1.165, 1.54) is 0 Å². The van der Waals surface area contributed by atoms with Crippen LogP contribution in [0.3, 0.4) is 0 Å². The molecule has 0 radical (unpaired) electrons. The lowest BCUT2D eigenvalue weighted by Gasteiger charge is -2.08. The van der Waals surface area contributed by atoms with Gasteiger partial charge in [-0.3, -0.25) is 9.48 Å². The molecule has 1 N–H and O–H groups in total. The second-order valence-electron chi connectivity index (χ2n) is 7.75. The van der Waals surface area contributed by atoms with Crippen LogP contribution in [0.4, 0.5) is 0 Å². The van der Waals surface area contributed by atoms with Crippen LogP contribution in [0, 0.1) is 20.8 Å². The number of carbonyl (C=O) groups is 1. The molecular formula is C25H27N5O. The van der Waals surface area contributed by atoms with Crippen molar-refractivity contribution in [1.29, 1.82) is 0 Å². The Hall–Kier alpha value is -3.67. The highest BCUT2D eigenvalue weighted by molar-refractivity contribution is 6.00. The quantitative estimate of drug-likeness (QED) is 0.454. The standard InChI is InChI=1S/C25H27N5O/c1-18-10-7-8-13-22(18)24-23(17-30(28-24)21-11-5-4-6-12-21)25(31)26-14-9-15-29-20(3)16-19(2)27-29/h4-8,10-13,16-17H,9,14-15H2,1-3H3,(H,26,31). The van der Waals surface area contributed by atoms with Crippen molar-refractivity contribution >= 4 is 5.91 Å². The van der Waals surface area contributed by atoms with Gasteiger partial charge in [-0.2, -0.15) is 10.2 Å². The third kappa shape index (κ3) is 4.58. The van der Waals surface area contributed by atoms with E-state index < -0.39 is 0 Å². The number of aromatic nitrogens is 4. The highest BCUT2D eigenvalue weighted by atomic mass is 16.1. The van der Waals surface area contributed by atoms with Crippen molar-refractivity contribution in [2.75, 3.05) is 6.54 Å². The van der Waals surface area contributed by atoms with Gasteiger partial charge in [-0.25, -0.2) is 4.68 Å². The van der Waals surface area contributed by atoms with Gasteiger partial charge in [-0.05, 0) is 51.0 Å². The second kappa shape index (κ2) is 9.00. The number of benzene rings is 2. The average Bonchev–Trinajstić information content (AvgIpc) is 3.35. The third-order valence-electron chi connectivity index (χ3n) is 5.32. The summed E-state index contributed by atoms with van der Waals surface area (Å²) in [5.74, 6) is -0.117. The normalized spacial score (nSPS) is 10.9. The number of carbonyl (C=O) groups excluding carboxylic acids is 1. The van der Waals surface area contributed by atoms with Crippen molar-refractivity contribution in [1.82, 2.24) is 24.9 Å². The highest BCUT2D eigenvalue weighted by Crippen LogP contribution is 2.26. The molecule has 0 bridgehead atoms. The molecule has 0 aliphatic rings. The zero-order valence-corrected chi connectivity index (χ0v) is 18.2. The van der Waals surface area contributed by atoms with Crippen molar-refractivity contribution in [3.63, 3.8) is 0 Å². The molecule has 158 valence electrons. The number of nitrogens with one attached hydrogen (secondary N) is 1. The molecule has 2 heterocycles. The molecule has 2 aromatic carbocycles. The summed E-state index contributed by atoms with van der Waals surface area (Å²) < 4.78 is 3.75. The van der Waals surface area contributed by atoms with Crippen LogP contribution in [0.1, 0.15) is 33.7 Å². The first kappa shape index (κ1) is 20.6. The van der Waals surface area contributed by atoms with E-state index in [1.54, 1.807) is 4.68 Å². The Balaban J connectivity index is 1.54. The van der Waals surface area contributed by atoms with Gasteiger partial charge in [0.05, 0.1) is 16.9 Å². The summed E-state index contributed by atoms with van der Waals surface area (Å²) in [6, 6.07) is 19.9. The predicted molar refractivity (Wildman–Crippen MR) is 122 cm³/mol. The van der Waals surface area contributed by atoms with Crippen LogP contribution in [0.25, 0.3) is 16.9 Å². The molecule has 31 heavy (non-hydrogen) atoms. The topological polar surface area (TPSA) is 64.7 Å². The maximum absolute atomic E-state index is 13.1. The van der Waals surface area contributed by atoms with E-state index in [9.17, 15) is 4.79 Å². The van der Waals surface area contributed by atoms with Crippen LogP contribution in [0.15, 0.2) is 66.9 Å². The molecule has 0 saturated heterocycles. The van der Waals surface area contributed by atoms with Crippen LogP contribution < -0.4 is 5.32 Å². The number of para-hydroxylation sites is 1. The molecule has 0 atom stereocenters. The van der Waals surface area contributed by atoms with Gasteiger partial charge in [-0.1, -0.05) is 42.5 Å². The Bertz CT molecular complexity index is 1190. The first-order valence-electron chi connectivity index (χ1n) is 10.5. The van der Waals surface area contributed by atoms with E-state index in [1.807, 2.05) is 86.2 Å². The molecule has 0 unspecified atom stereocenters. The minimum absolute atomic E-state index is 0.117. The van der Waals surface area contributed by atoms with E-state index in [0.717, 1.165) is 41.2 Å². The van der Waals surface area contributed by atoms with E-state index in [2.05, 4.69) is 16.5 Å². The van der Waals surface area contributed by atoms with Gasteiger partial charge in [0.15, 0.2) is 0 Å². The number of hydrogen-bond donors (Lipinski definition) is 1. The van der Waals surface area contributed by atoms with E-state index >= 15 is 0 Å². The molecule has 6 heteroatoms. The molecule has 0 saturated carbocycles. The van der Waals surface area contributed by atoms with Gasteiger partial charge in [-0.15, -0.1) is 0 Å². The van der Waals surface area contributed by atoms with Gasteiger partial charge < -0.3 is 5.32 Å². The number of amides is 1. The smallest absolute Gasteiger partial charge is 0.255 e. The van der Waals surface area contributed by atoms with Crippen LogP contribution in [0.2, 0.25) is 0 Å². The molecular weight excluding hydrogens is 386 g/mol. The van der Waals surface area contributed by atoms with Crippen LogP contribution >= 0.6 is 0 Å². The van der Waals surface area contributed by atoms with Gasteiger partial charge in [0.2, 0.25) is 0 Å². The van der Waals surface area contributed by atoms with Crippen molar-refractivity contribution < 1.29 is 4.79 Å². The Morgan fingerprint density at radius 3 is 2.42 bits per heavy atom. The SMILES string of the molecule is Cc1cc(C)n(CCCNC(=O)c2cn(-c3ccccc3)nc2-c2ccccc2C)n1. The number of aryl methyl sites for hydroxylation is 4. The zero-order chi connectivity index (χ0) is 21.8. The maximum atomic E-state index is 13.1. The molecule has 2 aromatic heterocycles. The summed E-state index contributed by atoms with van der Waals surface area (Å²) in [4.78, 5) is 13.1. The number of nitrogens with zero attached hydrogens (tertiary/aromatic N) is 4. The molecule has 0 spiro atoms. The van der Waals surface area contributed by atoms with Crippen LogP contribution in [-0.2, 0) is 6.54 Å². The predicted octanol–water partition coefficient (Wildman–Crippen LogP) is 4.48. The molecule has 0 fully saturated rings. The largest absolute Gasteiger partial charge is 0.352 e. The molecule has 4 aromatic rings. The molecule has 0 aliphatic carbocycles. The number of hydrogen-bond acceptors (Lipinski definition) is 3. The van der Waals surface area contributed by atoms with Crippen molar-refractivity contribution in [3.05, 3.63) is 89.4 Å². The number of rotatable bonds is 7. The first-order chi connectivity index (χ1) is 15.0. The minimum atomic E-state index is -0.117. The summed E-state index contributed by atoms with van der Waals surface area (Å²) >= 11 is 0. The van der Waals surface area contributed by atoms with Gasteiger partial charge in [0.25, 0.3) is 5.91 Å². The summed E-state index contributed by atoms with van der Waals surface area (Å²) in [7, 11) is 0. The van der Waals surface area contributed by atoms with Crippen molar-refractivity contribution in [2.45, 2.75) is 33.7 Å². The Morgan fingerprint density at radius 1 is 0.968 bits per heavy atom. The fourth-order valence-electron chi connectivity index (χ4n) is 3.72. The second-order valence-corrected chi connectivity index (χ2v) is 7.75. The highest BCUT2D eigenvalue weighted by Gasteiger charge is 2.19. The van der Waals surface area contributed by atoms with Crippen LogP contribution in [0.5, 0.6) is 0 Å². The molecule has 6 nitrogen and oxygen atoms in total. The van der Waals surface area contributed by atoms with Gasteiger partial charge in [0.1, 0.15) is 5.69 Å². The van der Waals surface area contributed by atoms with Gasteiger partial charge >= 0.3 is 0 Å². The molecule has 4 rings (SSSR count). The lowest BCUT2D eigenvalue weighted by atomic mass is 10.0. The van der Waals surface area contributed by atoms with Gasteiger partial charge in [0, 0.05) is 30.5 Å². The Morgan fingerprint density at radius 2 is 1.71 bits per heavy atom. The maximum Gasteiger partial charge on any atom is 0.255 e. The Labute approximate surface area is 182 Å². The minimum Gasteiger partial charge on any atom is -0.352 e. The lowest BCUT2D eigenvalue weighted by Crippen LogP contribution is -2.25.